The van der Waals surface area contributed by atoms with Gasteiger partial charge in [-0.15, -0.1) is 11.3 Å². The zero-order chi connectivity index (χ0) is 17.4. The first kappa shape index (κ1) is 16.4. The van der Waals surface area contributed by atoms with Gasteiger partial charge in [0.25, 0.3) is 5.19 Å². The molecule has 0 amide bonds. The maximum absolute atomic E-state index is 11.8. The van der Waals surface area contributed by atoms with Gasteiger partial charge in [0.15, 0.2) is 0 Å². The second kappa shape index (κ2) is 6.66. The van der Waals surface area contributed by atoms with E-state index < -0.39 is 0 Å². The molecule has 0 unspecified atom stereocenters. The summed E-state index contributed by atoms with van der Waals surface area (Å²) >= 11 is 6.44. The van der Waals surface area contributed by atoms with Crippen molar-refractivity contribution < 1.29 is 4.74 Å². The van der Waals surface area contributed by atoms with Crippen molar-refractivity contribution in [2.24, 2.45) is 7.05 Å². The van der Waals surface area contributed by atoms with E-state index in [4.69, 9.17) is 4.74 Å². The van der Waals surface area contributed by atoms with Gasteiger partial charge >= 0.3 is 5.69 Å². The molecular weight excluding hydrogens is 424 g/mol. The molecule has 0 aliphatic carbocycles. The predicted molar refractivity (Wildman–Crippen MR) is 103 cm³/mol. The molecule has 0 spiro atoms. The standard InChI is InChI=1S/C16H13BrN4O2S2/c1-20-16(22)21(19-20)13-6-7-24-14(13)8-23-15-18-12(9-25-15)10-2-4-11(17)5-3-10/h2-7,9,19H,8H2,1H3. The normalized spacial score (nSPS) is 11.1. The molecule has 0 radical (unpaired) electrons. The molecule has 25 heavy (non-hydrogen) atoms. The highest BCUT2D eigenvalue weighted by atomic mass is 79.9. The SMILES string of the molecule is Cn1[nH]n(-c2ccsc2COc2nc(-c3ccc(Br)cc3)cs2)c1=O. The molecule has 3 heterocycles. The van der Waals surface area contributed by atoms with Gasteiger partial charge in [0.1, 0.15) is 6.61 Å². The van der Waals surface area contributed by atoms with Gasteiger partial charge < -0.3 is 4.74 Å². The van der Waals surface area contributed by atoms with E-state index >= 15 is 0 Å². The fourth-order valence-corrected chi connectivity index (χ4v) is 4.05. The minimum absolute atomic E-state index is 0.0913. The van der Waals surface area contributed by atoms with Gasteiger partial charge in [-0.2, -0.15) is 4.68 Å². The summed E-state index contributed by atoms with van der Waals surface area (Å²) in [6.07, 6.45) is 0. The molecule has 0 aliphatic rings. The number of benzene rings is 1. The van der Waals surface area contributed by atoms with E-state index in [0.717, 1.165) is 26.3 Å². The summed E-state index contributed by atoms with van der Waals surface area (Å²) in [4.78, 5) is 17.3. The Morgan fingerprint density at radius 2 is 2.04 bits per heavy atom. The van der Waals surface area contributed by atoms with Gasteiger partial charge in [-0.25, -0.2) is 19.7 Å². The molecule has 4 rings (SSSR count). The fraction of sp³-hybridized carbons (Fsp3) is 0.125. The van der Waals surface area contributed by atoms with Crippen molar-refractivity contribution in [2.75, 3.05) is 0 Å². The van der Waals surface area contributed by atoms with Crippen LogP contribution in [0, 0.1) is 0 Å². The van der Waals surface area contributed by atoms with Crippen molar-refractivity contribution in [2.45, 2.75) is 6.61 Å². The van der Waals surface area contributed by atoms with E-state index in [0.29, 0.717) is 11.8 Å². The molecule has 0 fully saturated rings. The number of nitrogens with zero attached hydrogens (tertiary/aromatic N) is 3. The van der Waals surface area contributed by atoms with Gasteiger partial charge in [0, 0.05) is 22.5 Å². The van der Waals surface area contributed by atoms with Crippen LogP contribution in [-0.4, -0.2) is 19.6 Å². The molecule has 1 N–H and O–H groups in total. The van der Waals surface area contributed by atoms with Crippen molar-refractivity contribution in [3.8, 4) is 22.1 Å². The average Bonchev–Trinajstić information content (AvgIpc) is 3.27. The molecule has 4 aromatic rings. The van der Waals surface area contributed by atoms with Crippen molar-refractivity contribution in [1.82, 2.24) is 19.6 Å². The lowest BCUT2D eigenvalue weighted by atomic mass is 10.2. The lowest BCUT2D eigenvalue weighted by Crippen LogP contribution is -2.40. The Morgan fingerprint density at radius 1 is 1.24 bits per heavy atom. The Labute approximate surface area is 159 Å². The van der Waals surface area contributed by atoms with Gasteiger partial charge in [-0.05, 0) is 23.6 Å². The number of nitrogens with one attached hydrogen (secondary N) is 1. The van der Waals surface area contributed by atoms with Crippen LogP contribution in [0.1, 0.15) is 4.88 Å². The number of H-pyrrole nitrogens is 1. The number of aromatic nitrogens is 4. The Bertz CT molecular complexity index is 1050. The number of thiazole rings is 1. The van der Waals surface area contributed by atoms with E-state index in [1.807, 2.05) is 41.1 Å². The Kier molecular flexibility index (Phi) is 4.36. The molecule has 1 aromatic carbocycles. The van der Waals surface area contributed by atoms with Gasteiger partial charge in [0.05, 0.1) is 16.3 Å². The molecule has 0 saturated carbocycles. The highest BCUT2D eigenvalue weighted by Crippen LogP contribution is 2.29. The van der Waals surface area contributed by atoms with E-state index in [9.17, 15) is 4.79 Å². The Morgan fingerprint density at radius 3 is 2.76 bits per heavy atom. The van der Waals surface area contributed by atoms with Crippen LogP contribution in [-0.2, 0) is 13.7 Å². The summed E-state index contributed by atoms with van der Waals surface area (Å²) in [5.41, 5.74) is 2.66. The van der Waals surface area contributed by atoms with E-state index in [2.05, 4.69) is 26.1 Å². The molecule has 0 saturated heterocycles. The highest BCUT2D eigenvalue weighted by molar-refractivity contribution is 9.10. The zero-order valence-electron chi connectivity index (χ0n) is 13.1. The third-order valence-electron chi connectivity index (χ3n) is 3.64. The Hall–Kier alpha value is -2.10. The highest BCUT2D eigenvalue weighted by Gasteiger charge is 2.14. The van der Waals surface area contributed by atoms with Crippen LogP contribution in [0.2, 0.25) is 0 Å². The number of aryl methyl sites for hydroxylation is 1. The molecule has 6 nitrogen and oxygen atoms in total. The van der Waals surface area contributed by atoms with E-state index in [1.54, 1.807) is 18.4 Å². The summed E-state index contributed by atoms with van der Waals surface area (Å²) in [6.45, 7) is 0.371. The first-order chi connectivity index (χ1) is 12.1. The molecule has 0 bridgehead atoms. The monoisotopic (exact) mass is 436 g/mol. The van der Waals surface area contributed by atoms with Crippen molar-refractivity contribution in [3.63, 3.8) is 0 Å². The minimum Gasteiger partial charge on any atom is -0.464 e. The zero-order valence-corrected chi connectivity index (χ0v) is 16.3. The quantitative estimate of drug-likeness (QED) is 0.513. The second-order valence-electron chi connectivity index (χ2n) is 5.30. The van der Waals surface area contributed by atoms with Gasteiger partial charge in [0.2, 0.25) is 0 Å². The molecule has 0 aliphatic heterocycles. The van der Waals surface area contributed by atoms with Crippen LogP contribution >= 0.6 is 38.6 Å². The lowest BCUT2D eigenvalue weighted by Gasteiger charge is -2.13. The van der Waals surface area contributed by atoms with Crippen LogP contribution in [0.15, 0.2) is 50.4 Å². The number of thiophene rings is 1. The first-order valence-electron chi connectivity index (χ1n) is 7.36. The number of hydrogen-bond donors (Lipinski definition) is 1. The number of ether oxygens (including phenoxy) is 1. The summed E-state index contributed by atoms with van der Waals surface area (Å²) in [6, 6.07) is 9.90. The van der Waals surface area contributed by atoms with Crippen molar-refractivity contribution in [3.05, 3.63) is 60.9 Å². The molecule has 3 aromatic heterocycles. The Balaban J connectivity index is 1.48. The van der Waals surface area contributed by atoms with Crippen molar-refractivity contribution >= 4 is 38.6 Å². The number of halogens is 1. The van der Waals surface area contributed by atoms with Crippen molar-refractivity contribution in [1.29, 1.82) is 0 Å². The van der Waals surface area contributed by atoms with Gasteiger partial charge in [-0.1, -0.05) is 39.4 Å². The van der Waals surface area contributed by atoms with E-state index in [-0.39, 0.29) is 5.69 Å². The van der Waals surface area contributed by atoms with Crippen LogP contribution < -0.4 is 10.4 Å². The summed E-state index contributed by atoms with van der Waals surface area (Å²) in [7, 11) is 1.68. The maximum atomic E-state index is 11.8. The smallest absolute Gasteiger partial charge is 0.364 e. The summed E-state index contributed by atoms with van der Waals surface area (Å²) in [5, 5.41) is 7.44. The minimum atomic E-state index is -0.0913. The average molecular weight is 437 g/mol. The first-order valence-corrected chi connectivity index (χ1v) is 9.92. The van der Waals surface area contributed by atoms with Gasteiger partial charge in [-0.3, -0.25) is 0 Å². The van der Waals surface area contributed by atoms with E-state index in [1.165, 1.54) is 20.7 Å². The number of rotatable bonds is 5. The lowest BCUT2D eigenvalue weighted by molar-refractivity contribution is 0.306. The third-order valence-corrected chi connectivity index (χ3v) is 5.81. The molecule has 9 heteroatoms. The molecule has 128 valence electrons. The predicted octanol–water partition coefficient (Wildman–Crippen LogP) is 4.03. The van der Waals surface area contributed by atoms with Crippen LogP contribution in [0.25, 0.3) is 16.9 Å². The maximum Gasteiger partial charge on any atom is 0.364 e. The molecule has 0 atom stereocenters. The summed E-state index contributed by atoms with van der Waals surface area (Å²) < 4.78 is 9.79. The summed E-state index contributed by atoms with van der Waals surface area (Å²) in [5.74, 6) is 0. The second-order valence-corrected chi connectivity index (χ2v) is 8.04. The molecular formula is C16H13BrN4O2S2. The van der Waals surface area contributed by atoms with Crippen LogP contribution in [0.4, 0.5) is 0 Å². The number of aromatic amines is 1. The fourth-order valence-electron chi connectivity index (χ4n) is 2.34. The third kappa shape index (κ3) is 3.22. The van der Waals surface area contributed by atoms with Crippen LogP contribution in [0.3, 0.4) is 0 Å². The number of hydrogen-bond acceptors (Lipinski definition) is 5. The topological polar surface area (TPSA) is 64.8 Å². The van der Waals surface area contributed by atoms with Crippen LogP contribution in [0.5, 0.6) is 5.19 Å². The largest absolute Gasteiger partial charge is 0.464 e.